The van der Waals surface area contributed by atoms with Crippen molar-refractivity contribution in [2.75, 3.05) is 13.1 Å². The van der Waals surface area contributed by atoms with Crippen LogP contribution in [0.2, 0.25) is 0 Å². The van der Waals surface area contributed by atoms with Gasteiger partial charge in [0.25, 0.3) is 0 Å². The number of rotatable bonds is 5. The molecule has 7 heteroatoms. The molecule has 1 fully saturated rings. The van der Waals surface area contributed by atoms with Gasteiger partial charge >= 0.3 is 0 Å². The molecule has 1 aromatic heterocycles. The van der Waals surface area contributed by atoms with Crippen LogP contribution in [0.1, 0.15) is 18.7 Å². The van der Waals surface area contributed by atoms with Crippen molar-refractivity contribution in [3.63, 3.8) is 0 Å². The van der Waals surface area contributed by atoms with Crippen LogP contribution in [0, 0.1) is 5.82 Å². The Kier molecular flexibility index (Phi) is 4.35. The SMILES string of the molecule is NC[C@H]1CC[C@@H](C(=O)NCCc2nc3ccc(F)cc3[nH]2)O1. The molecule has 1 aliphatic rings. The van der Waals surface area contributed by atoms with Gasteiger partial charge in [0.05, 0.1) is 17.1 Å². The number of imidazole rings is 1. The average molecular weight is 306 g/mol. The van der Waals surface area contributed by atoms with Gasteiger partial charge in [-0.3, -0.25) is 4.79 Å². The number of hydrogen-bond acceptors (Lipinski definition) is 4. The summed E-state index contributed by atoms with van der Waals surface area (Å²) in [6, 6.07) is 4.41. The highest BCUT2D eigenvalue weighted by molar-refractivity contribution is 5.81. The Morgan fingerprint density at radius 3 is 3.14 bits per heavy atom. The second kappa shape index (κ2) is 6.41. The Balaban J connectivity index is 1.50. The second-order valence-electron chi connectivity index (χ2n) is 5.45. The third-order valence-electron chi connectivity index (χ3n) is 3.82. The lowest BCUT2D eigenvalue weighted by atomic mass is 10.2. The molecule has 2 heterocycles. The maximum atomic E-state index is 13.1. The van der Waals surface area contributed by atoms with Gasteiger partial charge < -0.3 is 20.8 Å². The Morgan fingerprint density at radius 2 is 2.36 bits per heavy atom. The predicted molar refractivity (Wildman–Crippen MR) is 79.7 cm³/mol. The van der Waals surface area contributed by atoms with Crippen LogP contribution >= 0.6 is 0 Å². The van der Waals surface area contributed by atoms with Crippen LogP contribution in [0.4, 0.5) is 4.39 Å². The summed E-state index contributed by atoms with van der Waals surface area (Å²) < 4.78 is 18.6. The normalized spacial score (nSPS) is 21.4. The zero-order valence-electron chi connectivity index (χ0n) is 12.1. The number of ether oxygens (including phenoxy) is 1. The maximum Gasteiger partial charge on any atom is 0.249 e. The molecule has 0 unspecified atom stereocenters. The highest BCUT2D eigenvalue weighted by Gasteiger charge is 2.29. The van der Waals surface area contributed by atoms with Gasteiger partial charge in [0.2, 0.25) is 5.91 Å². The summed E-state index contributed by atoms with van der Waals surface area (Å²) >= 11 is 0. The summed E-state index contributed by atoms with van der Waals surface area (Å²) in [6.07, 6.45) is 1.66. The molecule has 1 aromatic carbocycles. The molecule has 0 spiro atoms. The number of halogens is 1. The smallest absolute Gasteiger partial charge is 0.249 e. The van der Waals surface area contributed by atoms with Crippen molar-refractivity contribution in [2.45, 2.75) is 31.5 Å². The Morgan fingerprint density at radius 1 is 1.50 bits per heavy atom. The second-order valence-corrected chi connectivity index (χ2v) is 5.45. The fraction of sp³-hybridized carbons (Fsp3) is 0.467. The van der Waals surface area contributed by atoms with Crippen molar-refractivity contribution in [1.29, 1.82) is 0 Å². The standard InChI is InChI=1S/C15H19FN4O2/c16-9-1-3-11-12(7-9)20-14(19-11)5-6-18-15(21)13-4-2-10(8-17)22-13/h1,3,7,10,13H,2,4-6,8,17H2,(H,18,21)(H,19,20)/t10-,13+/m1/s1. The number of benzene rings is 1. The molecule has 0 radical (unpaired) electrons. The molecule has 1 amide bonds. The topological polar surface area (TPSA) is 93.0 Å². The Labute approximate surface area is 127 Å². The van der Waals surface area contributed by atoms with Crippen molar-refractivity contribution < 1.29 is 13.9 Å². The van der Waals surface area contributed by atoms with Crippen LogP contribution in [0.5, 0.6) is 0 Å². The van der Waals surface area contributed by atoms with Crippen molar-refractivity contribution >= 4 is 16.9 Å². The minimum atomic E-state index is -0.404. The van der Waals surface area contributed by atoms with E-state index in [1.165, 1.54) is 12.1 Å². The van der Waals surface area contributed by atoms with Crippen LogP contribution in [-0.4, -0.2) is 41.2 Å². The highest BCUT2D eigenvalue weighted by Crippen LogP contribution is 2.18. The number of aromatic amines is 1. The van der Waals surface area contributed by atoms with Gasteiger partial charge in [-0.1, -0.05) is 0 Å². The van der Waals surface area contributed by atoms with Gasteiger partial charge in [-0.2, -0.15) is 0 Å². The lowest BCUT2D eigenvalue weighted by molar-refractivity contribution is -0.131. The lowest BCUT2D eigenvalue weighted by Gasteiger charge is -2.12. The van der Waals surface area contributed by atoms with Crippen molar-refractivity contribution in [2.24, 2.45) is 5.73 Å². The molecule has 0 saturated carbocycles. The number of carbonyl (C=O) groups excluding carboxylic acids is 1. The number of fused-ring (bicyclic) bond motifs is 1. The van der Waals surface area contributed by atoms with Crippen molar-refractivity contribution in [3.05, 3.63) is 29.8 Å². The van der Waals surface area contributed by atoms with Gasteiger partial charge in [-0.25, -0.2) is 9.37 Å². The summed E-state index contributed by atoms with van der Waals surface area (Å²) in [5.41, 5.74) is 6.90. The van der Waals surface area contributed by atoms with Crippen molar-refractivity contribution in [1.82, 2.24) is 15.3 Å². The van der Waals surface area contributed by atoms with E-state index in [4.69, 9.17) is 10.5 Å². The summed E-state index contributed by atoms with van der Waals surface area (Å²) in [5.74, 6) is 0.301. The number of H-pyrrole nitrogens is 1. The molecule has 3 rings (SSSR count). The van der Waals surface area contributed by atoms with E-state index in [-0.39, 0.29) is 17.8 Å². The zero-order chi connectivity index (χ0) is 15.5. The first-order valence-corrected chi connectivity index (χ1v) is 7.43. The lowest BCUT2D eigenvalue weighted by Crippen LogP contribution is -2.36. The van der Waals surface area contributed by atoms with Crippen LogP contribution in [0.15, 0.2) is 18.2 Å². The third kappa shape index (κ3) is 3.26. The number of carbonyl (C=O) groups is 1. The molecule has 0 aliphatic carbocycles. The Bertz CT molecular complexity index is 673. The molecule has 6 nitrogen and oxygen atoms in total. The van der Waals surface area contributed by atoms with Gasteiger partial charge in [0, 0.05) is 19.5 Å². The summed E-state index contributed by atoms with van der Waals surface area (Å²) in [4.78, 5) is 19.4. The molecule has 118 valence electrons. The molecule has 1 saturated heterocycles. The third-order valence-corrected chi connectivity index (χ3v) is 3.82. The van der Waals surface area contributed by atoms with Crippen LogP contribution in [-0.2, 0) is 16.0 Å². The summed E-state index contributed by atoms with van der Waals surface area (Å²) in [6.45, 7) is 0.896. The number of nitrogens with one attached hydrogen (secondary N) is 2. The molecular weight excluding hydrogens is 287 g/mol. The first-order valence-electron chi connectivity index (χ1n) is 7.43. The van der Waals surface area contributed by atoms with E-state index < -0.39 is 6.10 Å². The van der Waals surface area contributed by atoms with E-state index in [1.807, 2.05) is 0 Å². The minimum Gasteiger partial charge on any atom is -0.364 e. The fourth-order valence-corrected chi connectivity index (χ4v) is 2.64. The predicted octanol–water partition coefficient (Wildman–Crippen LogP) is 0.867. The van der Waals surface area contributed by atoms with E-state index in [9.17, 15) is 9.18 Å². The van der Waals surface area contributed by atoms with E-state index in [0.717, 1.165) is 6.42 Å². The van der Waals surface area contributed by atoms with Gasteiger partial charge in [0.1, 0.15) is 17.7 Å². The number of amides is 1. The van der Waals surface area contributed by atoms with Crippen LogP contribution < -0.4 is 11.1 Å². The minimum absolute atomic E-state index is 0.0129. The molecule has 4 N–H and O–H groups in total. The molecule has 22 heavy (non-hydrogen) atoms. The summed E-state index contributed by atoms with van der Waals surface area (Å²) in [7, 11) is 0. The number of nitrogens with zero attached hydrogens (tertiary/aromatic N) is 1. The maximum absolute atomic E-state index is 13.1. The van der Waals surface area contributed by atoms with Gasteiger partial charge in [0.15, 0.2) is 0 Å². The van der Waals surface area contributed by atoms with Crippen LogP contribution in [0.3, 0.4) is 0 Å². The van der Waals surface area contributed by atoms with Crippen molar-refractivity contribution in [3.8, 4) is 0 Å². The van der Waals surface area contributed by atoms with Crippen LogP contribution in [0.25, 0.3) is 11.0 Å². The molecule has 2 atom stereocenters. The quantitative estimate of drug-likeness (QED) is 0.764. The number of aromatic nitrogens is 2. The molecule has 2 aromatic rings. The number of hydrogen-bond donors (Lipinski definition) is 3. The first-order chi connectivity index (χ1) is 10.7. The van der Waals surface area contributed by atoms with Gasteiger partial charge in [-0.05, 0) is 31.0 Å². The fourth-order valence-electron chi connectivity index (χ4n) is 2.64. The Hall–Kier alpha value is -1.99. The van der Waals surface area contributed by atoms with E-state index in [2.05, 4.69) is 15.3 Å². The van der Waals surface area contributed by atoms with E-state index in [0.29, 0.717) is 42.8 Å². The van der Waals surface area contributed by atoms with E-state index >= 15 is 0 Å². The van der Waals surface area contributed by atoms with Gasteiger partial charge in [-0.15, -0.1) is 0 Å². The molecule has 1 aliphatic heterocycles. The monoisotopic (exact) mass is 306 g/mol. The largest absolute Gasteiger partial charge is 0.364 e. The molecule has 0 bridgehead atoms. The average Bonchev–Trinajstić information content (AvgIpc) is 3.12. The first kappa shape index (κ1) is 14.9. The summed E-state index contributed by atoms with van der Waals surface area (Å²) in [5, 5.41) is 2.83. The molecular formula is C15H19FN4O2. The highest BCUT2D eigenvalue weighted by atomic mass is 19.1. The zero-order valence-corrected chi connectivity index (χ0v) is 12.1. The number of nitrogens with two attached hydrogens (primary N) is 1. The van der Waals surface area contributed by atoms with E-state index in [1.54, 1.807) is 6.07 Å².